The molecule has 1 heterocycles. The molecule has 0 N–H and O–H groups in total. The molecule has 1 aromatic heterocycles. The highest BCUT2D eigenvalue weighted by Crippen LogP contribution is 2.47. The molecule has 0 saturated carbocycles. The zero-order valence-electron chi connectivity index (χ0n) is 12.6. The van der Waals surface area contributed by atoms with Crippen molar-refractivity contribution in [1.29, 1.82) is 5.26 Å². The SMILES string of the molecule is CC(C)c1nc(C(C)(C)C)c(C#N)c2c1CCC2(F)F. The van der Waals surface area contributed by atoms with Crippen molar-refractivity contribution in [1.82, 2.24) is 4.98 Å². The molecule has 1 aliphatic carbocycles. The van der Waals surface area contributed by atoms with Crippen LogP contribution in [0.4, 0.5) is 8.78 Å². The number of nitriles is 1. The average molecular weight is 278 g/mol. The van der Waals surface area contributed by atoms with Gasteiger partial charge in [0.2, 0.25) is 0 Å². The lowest BCUT2D eigenvalue weighted by molar-refractivity contribution is -0.00224. The molecule has 0 radical (unpaired) electrons. The standard InChI is InChI=1S/C16H20F2N2/c1-9(2)13-10-6-7-16(17,18)12(10)11(8-19)14(20-13)15(3,4)5/h9H,6-7H2,1-5H3. The smallest absolute Gasteiger partial charge is 0.255 e. The van der Waals surface area contributed by atoms with Crippen LogP contribution in [0.3, 0.4) is 0 Å². The second-order valence-corrected chi connectivity index (χ2v) is 6.80. The van der Waals surface area contributed by atoms with Crippen molar-refractivity contribution in [3.8, 4) is 6.07 Å². The van der Waals surface area contributed by atoms with E-state index in [1.807, 2.05) is 40.7 Å². The maximum Gasteiger partial charge on any atom is 0.275 e. The van der Waals surface area contributed by atoms with Crippen LogP contribution in [0.25, 0.3) is 0 Å². The Kier molecular flexibility index (Phi) is 3.36. The number of rotatable bonds is 1. The number of aromatic nitrogens is 1. The van der Waals surface area contributed by atoms with Crippen LogP contribution in [0.1, 0.15) is 75.0 Å². The summed E-state index contributed by atoms with van der Waals surface area (Å²) in [4.78, 5) is 4.60. The first-order chi connectivity index (χ1) is 9.09. The highest BCUT2D eigenvalue weighted by Gasteiger charge is 2.45. The third kappa shape index (κ3) is 2.19. The fourth-order valence-electron chi connectivity index (χ4n) is 2.83. The van der Waals surface area contributed by atoms with Gasteiger partial charge in [-0.05, 0) is 17.9 Å². The molecule has 0 aromatic carbocycles. The maximum atomic E-state index is 14.2. The first-order valence-corrected chi connectivity index (χ1v) is 6.95. The molecule has 4 heteroatoms. The van der Waals surface area contributed by atoms with E-state index in [9.17, 15) is 14.0 Å². The first-order valence-electron chi connectivity index (χ1n) is 6.95. The molecule has 108 valence electrons. The van der Waals surface area contributed by atoms with Crippen molar-refractivity contribution >= 4 is 0 Å². The molecule has 0 unspecified atom stereocenters. The van der Waals surface area contributed by atoms with Crippen molar-refractivity contribution in [2.75, 3.05) is 0 Å². The Bertz CT molecular complexity index is 590. The maximum absolute atomic E-state index is 14.2. The normalized spacial score (nSPS) is 17.1. The lowest BCUT2D eigenvalue weighted by atomic mass is 9.84. The van der Waals surface area contributed by atoms with Crippen molar-refractivity contribution in [2.24, 2.45) is 0 Å². The molecular formula is C16H20F2N2. The summed E-state index contributed by atoms with van der Waals surface area (Å²) in [5.74, 6) is -2.83. The third-order valence-corrected chi connectivity index (χ3v) is 3.75. The van der Waals surface area contributed by atoms with Gasteiger partial charge in [-0.15, -0.1) is 0 Å². The van der Waals surface area contributed by atoms with E-state index in [1.54, 1.807) is 0 Å². The molecule has 20 heavy (non-hydrogen) atoms. The Labute approximate surface area is 118 Å². The predicted octanol–water partition coefficient (Wildman–Crippen LogP) is 4.41. The summed E-state index contributed by atoms with van der Waals surface area (Å²) in [6, 6.07) is 1.98. The van der Waals surface area contributed by atoms with E-state index in [0.29, 0.717) is 17.7 Å². The number of fused-ring (bicyclic) bond motifs is 1. The van der Waals surface area contributed by atoms with Crippen LogP contribution in [0, 0.1) is 11.3 Å². The fourth-order valence-corrected chi connectivity index (χ4v) is 2.83. The number of hydrogen-bond acceptors (Lipinski definition) is 2. The van der Waals surface area contributed by atoms with E-state index in [0.717, 1.165) is 5.69 Å². The summed E-state index contributed by atoms with van der Waals surface area (Å²) >= 11 is 0. The Morgan fingerprint density at radius 1 is 1.30 bits per heavy atom. The Morgan fingerprint density at radius 2 is 1.90 bits per heavy atom. The summed E-state index contributed by atoms with van der Waals surface area (Å²) in [5.41, 5.74) is 1.39. The van der Waals surface area contributed by atoms with Gasteiger partial charge in [0.25, 0.3) is 5.92 Å². The van der Waals surface area contributed by atoms with Gasteiger partial charge in [0.1, 0.15) is 6.07 Å². The van der Waals surface area contributed by atoms with Gasteiger partial charge in [-0.3, -0.25) is 4.98 Å². The van der Waals surface area contributed by atoms with Crippen LogP contribution in [0.15, 0.2) is 0 Å². The van der Waals surface area contributed by atoms with Gasteiger partial charge < -0.3 is 0 Å². The van der Waals surface area contributed by atoms with Gasteiger partial charge in [-0.25, -0.2) is 8.78 Å². The zero-order chi connectivity index (χ0) is 15.3. The van der Waals surface area contributed by atoms with Crippen molar-refractivity contribution in [2.45, 2.75) is 64.7 Å². The molecule has 0 aliphatic heterocycles. The van der Waals surface area contributed by atoms with Gasteiger partial charge in [-0.1, -0.05) is 34.6 Å². The van der Waals surface area contributed by atoms with E-state index in [4.69, 9.17) is 0 Å². The summed E-state index contributed by atoms with van der Waals surface area (Å²) in [6.07, 6.45) is 0.0912. The number of halogens is 2. The fraction of sp³-hybridized carbons (Fsp3) is 0.625. The van der Waals surface area contributed by atoms with Crippen LogP contribution >= 0.6 is 0 Å². The molecule has 1 aromatic rings. The Morgan fingerprint density at radius 3 is 2.35 bits per heavy atom. The van der Waals surface area contributed by atoms with Gasteiger partial charge in [0.05, 0.1) is 11.3 Å². The topological polar surface area (TPSA) is 36.7 Å². The lowest BCUT2D eigenvalue weighted by Gasteiger charge is -2.25. The van der Waals surface area contributed by atoms with Crippen LogP contribution in [-0.2, 0) is 17.8 Å². The molecular weight excluding hydrogens is 258 g/mol. The highest BCUT2D eigenvalue weighted by atomic mass is 19.3. The lowest BCUT2D eigenvalue weighted by Crippen LogP contribution is -2.22. The minimum absolute atomic E-state index is 0.0661. The van der Waals surface area contributed by atoms with Crippen LogP contribution in [-0.4, -0.2) is 4.98 Å². The van der Waals surface area contributed by atoms with Crippen LogP contribution in [0.5, 0.6) is 0 Å². The number of pyridine rings is 1. The Balaban J connectivity index is 2.88. The summed E-state index contributed by atoms with van der Waals surface area (Å²) < 4.78 is 28.4. The average Bonchev–Trinajstić information content (AvgIpc) is 2.62. The molecule has 1 aliphatic rings. The molecule has 0 amide bonds. The molecule has 0 atom stereocenters. The van der Waals surface area contributed by atoms with E-state index >= 15 is 0 Å². The largest absolute Gasteiger partial charge is 0.275 e. The minimum Gasteiger partial charge on any atom is -0.255 e. The minimum atomic E-state index is -2.91. The van der Waals surface area contributed by atoms with E-state index < -0.39 is 11.3 Å². The van der Waals surface area contributed by atoms with Crippen molar-refractivity contribution < 1.29 is 8.78 Å². The quantitative estimate of drug-likeness (QED) is 0.762. The van der Waals surface area contributed by atoms with Crippen molar-refractivity contribution in [3.63, 3.8) is 0 Å². The number of nitrogens with zero attached hydrogens (tertiary/aromatic N) is 2. The molecule has 0 bridgehead atoms. The molecule has 2 nitrogen and oxygen atoms in total. The van der Waals surface area contributed by atoms with Crippen molar-refractivity contribution in [3.05, 3.63) is 28.1 Å². The van der Waals surface area contributed by atoms with E-state index in [-0.39, 0.29) is 23.5 Å². The first kappa shape index (κ1) is 14.9. The zero-order valence-corrected chi connectivity index (χ0v) is 12.6. The van der Waals surface area contributed by atoms with Gasteiger partial charge in [0, 0.05) is 23.1 Å². The van der Waals surface area contributed by atoms with Gasteiger partial charge >= 0.3 is 0 Å². The molecule has 0 saturated heterocycles. The van der Waals surface area contributed by atoms with E-state index in [2.05, 4.69) is 4.98 Å². The predicted molar refractivity (Wildman–Crippen MR) is 74.0 cm³/mol. The van der Waals surface area contributed by atoms with Crippen LogP contribution in [0.2, 0.25) is 0 Å². The summed E-state index contributed by atoms with van der Waals surface area (Å²) in [5, 5.41) is 9.38. The number of hydrogen-bond donors (Lipinski definition) is 0. The monoisotopic (exact) mass is 278 g/mol. The molecule has 0 spiro atoms. The second kappa shape index (κ2) is 4.51. The van der Waals surface area contributed by atoms with Crippen LogP contribution < -0.4 is 0 Å². The summed E-state index contributed by atoms with van der Waals surface area (Å²) in [6.45, 7) is 9.62. The summed E-state index contributed by atoms with van der Waals surface area (Å²) in [7, 11) is 0. The molecule has 2 rings (SSSR count). The highest BCUT2D eigenvalue weighted by molar-refractivity contribution is 5.54. The van der Waals surface area contributed by atoms with Gasteiger partial charge in [-0.2, -0.15) is 5.26 Å². The number of alkyl halides is 2. The second-order valence-electron chi connectivity index (χ2n) is 6.80. The van der Waals surface area contributed by atoms with E-state index in [1.165, 1.54) is 0 Å². The third-order valence-electron chi connectivity index (χ3n) is 3.75. The Hall–Kier alpha value is -1.50. The van der Waals surface area contributed by atoms with Gasteiger partial charge in [0.15, 0.2) is 0 Å². The molecule has 0 fully saturated rings.